The van der Waals surface area contributed by atoms with E-state index in [-0.39, 0.29) is 0 Å². The number of hydrogen-bond acceptors (Lipinski definition) is 5. The summed E-state index contributed by atoms with van der Waals surface area (Å²) < 4.78 is 0. The minimum Gasteiger partial charge on any atom is -0.399 e. The van der Waals surface area contributed by atoms with E-state index in [9.17, 15) is 0 Å². The third-order valence-electron chi connectivity index (χ3n) is 2.84. The van der Waals surface area contributed by atoms with Crippen molar-refractivity contribution in [3.8, 4) is 0 Å². The van der Waals surface area contributed by atoms with Crippen LogP contribution in [0.2, 0.25) is 0 Å². The molecule has 0 saturated carbocycles. The molecule has 94 valence electrons. The second kappa shape index (κ2) is 4.89. The fourth-order valence-electron chi connectivity index (χ4n) is 1.90. The highest BCUT2D eigenvalue weighted by Crippen LogP contribution is 2.21. The number of rotatable bonds is 3. The van der Waals surface area contributed by atoms with Gasteiger partial charge in [0.25, 0.3) is 0 Å². The third kappa shape index (κ3) is 2.44. The molecule has 0 radical (unpaired) electrons. The summed E-state index contributed by atoms with van der Waals surface area (Å²) in [7, 11) is 0. The van der Waals surface area contributed by atoms with Gasteiger partial charge in [0.2, 0.25) is 0 Å². The number of fused-ring (bicyclic) bond motifs is 1. The maximum Gasteiger partial charge on any atom is 0.137 e. The van der Waals surface area contributed by atoms with Crippen molar-refractivity contribution in [1.29, 1.82) is 0 Å². The Hall–Kier alpha value is -2.69. The molecule has 5 nitrogen and oxygen atoms in total. The van der Waals surface area contributed by atoms with E-state index >= 15 is 0 Å². The molecule has 3 N–H and O–H groups in total. The van der Waals surface area contributed by atoms with Gasteiger partial charge >= 0.3 is 0 Å². The second-order valence-electron chi connectivity index (χ2n) is 4.21. The van der Waals surface area contributed by atoms with Gasteiger partial charge in [-0.15, -0.1) is 0 Å². The smallest absolute Gasteiger partial charge is 0.137 e. The van der Waals surface area contributed by atoms with Gasteiger partial charge in [0, 0.05) is 30.0 Å². The average molecular weight is 251 g/mol. The summed E-state index contributed by atoms with van der Waals surface area (Å²) in [6.45, 7) is 0.671. The van der Waals surface area contributed by atoms with Gasteiger partial charge in [-0.05, 0) is 29.8 Å². The Bertz CT molecular complexity index is 697. The molecule has 0 atom stereocenters. The summed E-state index contributed by atoms with van der Waals surface area (Å²) in [5.74, 6) is 0.800. The van der Waals surface area contributed by atoms with Crippen molar-refractivity contribution >= 4 is 22.4 Å². The first kappa shape index (κ1) is 11.4. The number of benzene rings is 1. The summed E-state index contributed by atoms with van der Waals surface area (Å²) in [5.41, 5.74) is 8.39. The summed E-state index contributed by atoms with van der Waals surface area (Å²) in [5, 5.41) is 4.25. The lowest BCUT2D eigenvalue weighted by Gasteiger charge is -2.08. The first-order chi connectivity index (χ1) is 9.33. The van der Waals surface area contributed by atoms with Gasteiger partial charge in [0.1, 0.15) is 12.1 Å². The molecule has 0 bridgehead atoms. The quantitative estimate of drug-likeness (QED) is 0.698. The third-order valence-corrected chi connectivity index (χ3v) is 2.84. The molecule has 0 fully saturated rings. The average Bonchev–Trinajstić information content (AvgIpc) is 2.45. The van der Waals surface area contributed by atoms with Crippen LogP contribution in [-0.4, -0.2) is 15.0 Å². The van der Waals surface area contributed by atoms with E-state index in [1.54, 1.807) is 6.20 Å². The Morgan fingerprint density at radius 2 is 2.11 bits per heavy atom. The Labute approximate surface area is 110 Å². The van der Waals surface area contributed by atoms with E-state index in [1.807, 2.05) is 36.5 Å². The van der Waals surface area contributed by atoms with Crippen molar-refractivity contribution in [3.63, 3.8) is 0 Å². The maximum atomic E-state index is 5.75. The van der Waals surface area contributed by atoms with E-state index in [1.165, 1.54) is 6.33 Å². The number of hydrogen-bond donors (Lipinski definition) is 2. The summed E-state index contributed by atoms with van der Waals surface area (Å²) in [4.78, 5) is 12.6. The van der Waals surface area contributed by atoms with Gasteiger partial charge in [0.15, 0.2) is 0 Å². The van der Waals surface area contributed by atoms with Gasteiger partial charge < -0.3 is 11.1 Å². The zero-order valence-electron chi connectivity index (χ0n) is 10.2. The molecule has 1 aromatic carbocycles. The topological polar surface area (TPSA) is 76.7 Å². The van der Waals surface area contributed by atoms with Crippen LogP contribution in [0.25, 0.3) is 10.9 Å². The van der Waals surface area contributed by atoms with Crippen LogP contribution in [0, 0.1) is 0 Å². The number of nitrogen functional groups attached to an aromatic ring is 1. The van der Waals surface area contributed by atoms with Crippen LogP contribution >= 0.6 is 0 Å². The second-order valence-corrected chi connectivity index (χ2v) is 4.21. The fourth-order valence-corrected chi connectivity index (χ4v) is 1.90. The monoisotopic (exact) mass is 251 g/mol. The molecular formula is C14H13N5. The van der Waals surface area contributed by atoms with Gasteiger partial charge in [0.05, 0.1) is 5.52 Å². The Morgan fingerprint density at radius 3 is 2.95 bits per heavy atom. The van der Waals surface area contributed by atoms with E-state index in [2.05, 4.69) is 20.3 Å². The van der Waals surface area contributed by atoms with E-state index in [0.717, 1.165) is 22.3 Å². The summed E-state index contributed by atoms with van der Waals surface area (Å²) in [6, 6.07) is 9.54. The molecule has 19 heavy (non-hydrogen) atoms. The number of nitrogens with zero attached hydrogens (tertiary/aromatic N) is 3. The standard InChI is InChI=1S/C14H13N5/c15-11-3-4-12-13(6-11)18-9-19-14(12)17-8-10-2-1-5-16-7-10/h1-7,9H,8,15H2,(H,17,18,19). The lowest BCUT2D eigenvalue weighted by atomic mass is 10.2. The van der Waals surface area contributed by atoms with E-state index in [4.69, 9.17) is 5.73 Å². The Morgan fingerprint density at radius 1 is 1.16 bits per heavy atom. The highest BCUT2D eigenvalue weighted by atomic mass is 15.0. The van der Waals surface area contributed by atoms with Crippen LogP contribution in [0.15, 0.2) is 49.1 Å². The Kier molecular flexibility index (Phi) is 2.94. The highest BCUT2D eigenvalue weighted by Gasteiger charge is 2.03. The van der Waals surface area contributed by atoms with Gasteiger partial charge in [-0.1, -0.05) is 6.07 Å². The zero-order chi connectivity index (χ0) is 13.1. The van der Waals surface area contributed by atoms with E-state index < -0.39 is 0 Å². The molecule has 0 amide bonds. The van der Waals surface area contributed by atoms with Crippen LogP contribution in [0.1, 0.15) is 5.56 Å². The molecule has 2 heterocycles. The number of pyridine rings is 1. The van der Waals surface area contributed by atoms with Crippen molar-refractivity contribution in [2.24, 2.45) is 0 Å². The molecular weight excluding hydrogens is 238 g/mol. The first-order valence-corrected chi connectivity index (χ1v) is 5.96. The van der Waals surface area contributed by atoms with Gasteiger partial charge in [-0.3, -0.25) is 4.98 Å². The molecule has 0 spiro atoms. The Balaban J connectivity index is 1.89. The predicted molar refractivity (Wildman–Crippen MR) is 75.5 cm³/mol. The molecule has 0 aliphatic carbocycles. The molecule has 0 aliphatic heterocycles. The van der Waals surface area contributed by atoms with Crippen molar-refractivity contribution in [2.75, 3.05) is 11.1 Å². The van der Waals surface area contributed by atoms with Crippen molar-refractivity contribution in [1.82, 2.24) is 15.0 Å². The van der Waals surface area contributed by atoms with Crippen LogP contribution in [0.3, 0.4) is 0 Å². The van der Waals surface area contributed by atoms with Gasteiger partial charge in [-0.2, -0.15) is 0 Å². The molecule has 0 aliphatic rings. The number of nitrogens with two attached hydrogens (primary N) is 1. The lowest BCUT2D eigenvalue weighted by Crippen LogP contribution is -2.02. The first-order valence-electron chi connectivity index (χ1n) is 5.96. The maximum absolute atomic E-state index is 5.75. The number of nitrogens with one attached hydrogen (secondary N) is 1. The van der Waals surface area contributed by atoms with Crippen LogP contribution in [-0.2, 0) is 6.54 Å². The molecule has 3 aromatic rings. The SMILES string of the molecule is Nc1ccc2c(NCc3cccnc3)ncnc2c1. The predicted octanol–water partition coefficient (Wildman–Crippen LogP) is 2.22. The van der Waals surface area contributed by atoms with Crippen molar-refractivity contribution in [2.45, 2.75) is 6.54 Å². The van der Waals surface area contributed by atoms with Crippen LogP contribution in [0.4, 0.5) is 11.5 Å². The zero-order valence-corrected chi connectivity index (χ0v) is 10.2. The molecule has 2 aromatic heterocycles. The summed E-state index contributed by atoms with van der Waals surface area (Å²) in [6.07, 6.45) is 5.12. The fraction of sp³-hybridized carbons (Fsp3) is 0.0714. The van der Waals surface area contributed by atoms with Crippen molar-refractivity contribution < 1.29 is 0 Å². The molecule has 0 unspecified atom stereocenters. The normalized spacial score (nSPS) is 10.5. The lowest BCUT2D eigenvalue weighted by molar-refractivity contribution is 1.08. The number of anilines is 2. The summed E-state index contributed by atoms with van der Waals surface area (Å²) >= 11 is 0. The van der Waals surface area contributed by atoms with Crippen molar-refractivity contribution in [3.05, 3.63) is 54.6 Å². The minimum atomic E-state index is 0.671. The minimum absolute atomic E-state index is 0.671. The number of aromatic nitrogens is 3. The largest absolute Gasteiger partial charge is 0.399 e. The molecule has 3 rings (SSSR count). The van der Waals surface area contributed by atoms with Gasteiger partial charge in [-0.25, -0.2) is 9.97 Å². The molecule has 5 heteroatoms. The molecule has 0 saturated heterocycles. The highest BCUT2D eigenvalue weighted by molar-refractivity contribution is 5.90. The van der Waals surface area contributed by atoms with Crippen LogP contribution in [0.5, 0.6) is 0 Å². The van der Waals surface area contributed by atoms with E-state index in [0.29, 0.717) is 12.2 Å². The van der Waals surface area contributed by atoms with Crippen LogP contribution < -0.4 is 11.1 Å².